The van der Waals surface area contributed by atoms with Gasteiger partial charge >= 0.3 is 5.97 Å². The van der Waals surface area contributed by atoms with Crippen LogP contribution < -0.4 is 4.74 Å². The first-order chi connectivity index (χ1) is 9.47. The molecule has 0 aromatic heterocycles. The predicted octanol–water partition coefficient (Wildman–Crippen LogP) is 4.00. The predicted molar refractivity (Wildman–Crippen MR) is 71.8 cm³/mol. The van der Waals surface area contributed by atoms with Crippen molar-refractivity contribution >= 4 is 21.9 Å². The number of hydrogen-bond acceptors (Lipinski definition) is 2. The largest absolute Gasteiger partial charge is 0.488 e. The molecule has 0 saturated carbocycles. The number of carboxylic acid groups (broad SMARTS) is 1. The van der Waals surface area contributed by atoms with Crippen molar-refractivity contribution in [1.82, 2.24) is 0 Å². The second-order valence-electron chi connectivity index (χ2n) is 3.98. The number of carboxylic acids is 1. The summed E-state index contributed by atoms with van der Waals surface area (Å²) in [5.74, 6) is -2.14. The molecule has 0 saturated heterocycles. The molecule has 0 fully saturated rings. The fourth-order valence-electron chi connectivity index (χ4n) is 1.58. The topological polar surface area (TPSA) is 46.5 Å². The lowest BCUT2D eigenvalue weighted by atomic mass is 10.1. The van der Waals surface area contributed by atoms with Crippen LogP contribution in [0.15, 0.2) is 40.9 Å². The summed E-state index contributed by atoms with van der Waals surface area (Å²) >= 11 is 3.15. The fraction of sp³-hybridized carbons (Fsp3) is 0.0714. The van der Waals surface area contributed by atoms with Gasteiger partial charge in [0.2, 0.25) is 0 Å². The van der Waals surface area contributed by atoms with Crippen molar-refractivity contribution in [2.24, 2.45) is 0 Å². The third kappa shape index (κ3) is 3.33. The van der Waals surface area contributed by atoms with E-state index in [-0.39, 0.29) is 6.61 Å². The van der Waals surface area contributed by atoms with E-state index in [2.05, 4.69) is 15.9 Å². The third-order valence-corrected chi connectivity index (χ3v) is 3.17. The number of ether oxygens (including phenoxy) is 1. The Morgan fingerprint density at radius 2 is 1.95 bits per heavy atom. The lowest BCUT2D eigenvalue weighted by Crippen LogP contribution is -2.03. The summed E-state index contributed by atoms with van der Waals surface area (Å²) in [7, 11) is 0. The lowest BCUT2D eigenvalue weighted by molar-refractivity contribution is 0.0692. The first-order valence-electron chi connectivity index (χ1n) is 5.57. The number of carbonyl (C=O) groups is 1. The Labute approximate surface area is 121 Å². The highest BCUT2D eigenvalue weighted by atomic mass is 79.9. The average molecular weight is 343 g/mol. The summed E-state index contributed by atoms with van der Waals surface area (Å²) in [4.78, 5) is 10.7. The first kappa shape index (κ1) is 14.5. The molecule has 0 aliphatic rings. The molecule has 0 unspecified atom stereocenters. The van der Waals surface area contributed by atoms with E-state index in [4.69, 9.17) is 9.84 Å². The van der Waals surface area contributed by atoms with E-state index < -0.39 is 23.2 Å². The van der Waals surface area contributed by atoms with Crippen molar-refractivity contribution in [2.75, 3.05) is 0 Å². The zero-order valence-electron chi connectivity index (χ0n) is 10.1. The normalized spacial score (nSPS) is 10.3. The Morgan fingerprint density at radius 1 is 1.20 bits per heavy atom. The van der Waals surface area contributed by atoms with Gasteiger partial charge in [-0.2, -0.15) is 0 Å². The minimum atomic E-state index is -1.32. The van der Waals surface area contributed by atoms with Gasteiger partial charge in [0.15, 0.2) is 0 Å². The quantitative estimate of drug-likeness (QED) is 0.913. The van der Waals surface area contributed by atoms with E-state index in [1.54, 1.807) is 0 Å². The highest BCUT2D eigenvalue weighted by Crippen LogP contribution is 2.26. The highest BCUT2D eigenvalue weighted by molar-refractivity contribution is 9.10. The number of halogens is 3. The van der Waals surface area contributed by atoms with Crippen LogP contribution in [0.2, 0.25) is 0 Å². The van der Waals surface area contributed by atoms with Crippen molar-refractivity contribution in [3.05, 3.63) is 63.6 Å². The van der Waals surface area contributed by atoms with E-state index in [1.807, 2.05) is 0 Å². The van der Waals surface area contributed by atoms with Crippen LogP contribution in [-0.4, -0.2) is 11.1 Å². The second-order valence-corrected chi connectivity index (χ2v) is 4.84. The van der Waals surface area contributed by atoms with Crippen LogP contribution in [0.1, 0.15) is 15.9 Å². The van der Waals surface area contributed by atoms with Gasteiger partial charge in [-0.3, -0.25) is 0 Å². The summed E-state index contributed by atoms with van der Waals surface area (Å²) in [6, 6.07) is 7.68. The molecule has 2 aromatic rings. The summed E-state index contributed by atoms with van der Waals surface area (Å²) in [6.07, 6.45) is 0. The van der Waals surface area contributed by atoms with Crippen molar-refractivity contribution in [2.45, 2.75) is 6.61 Å². The summed E-state index contributed by atoms with van der Waals surface area (Å²) in [5, 5.41) is 8.71. The van der Waals surface area contributed by atoms with Crippen LogP contribution in [0, 0.1) is 11.6 Å². The van der Waals surface area contributed by atoms with Gasteiger partial charge in [0.05, 0.1) is 10.0 Å². The maximum Gasteiger partial charge on any atom is 0.338 e. The van der Waals surface area contributed by atoms with Gasteiger partial charge in [0.1, 0.15) is 24.0 Å². The van der Waals surface area contributed by atoms with Crippen LogP contribution in [0.5, 0.6) is 5.75 Å². The molecule has 0 aliphatic heterocycles. The van der Waals surface area contributed by atoms with Crippen molar-refractivity contribution in [3.8, 4) is 5.75 Å². The number of rotatable bonds is 4. The average Bonchev–Trinajstić information content (AvgIpc) is 2.37. The zero-order chi connectivity index (χ0) is 14.7. The standard InChI is InChI=1S/C14H9BrF2O3/c15-11-6-9(16)2-4-13(11)20-7-8-1-3-10(14(18)19)12(17)5-8/h1-6H,7H2,(H,18,19). The van der Waals surface area contributed by atoms with Crippen LogP contribution in [0.3, 0.4) is 0 Å². The molecule has 6 heteroatoms. The molecule has 0 radical (unpaired) electrons. The second kappa shape index (κ2) is 6.00. The Morgan fingerprint density at radius 3 is 2.55 bits per heavy atom. The van der Waals surface area contributed by atoms with Crippen LogP contribution in [-0.2, 0) is 6.61 Å². The minimum absolute atomic E-state index is 0.0427. The molecule has 0 bridgehead atoms. The van der Waals surface area contributed by atoms with E-state index in [0.29, 0.717) is 15.8 Å². The Kier molecular flexibility index (Phi) is 4.34. The molecule has 0 amide bonds. The molecule has 2 rings (SSSR count). The summed E-state index contributed by atoms with van der Waals surface area (Å²) in [5.41, 5.74) is 0.0837. The molecular weight excluding hydrogens is 334 g/mol. The molecule has 1 N–H and O–H groups in total. The summed E-state index contributed by atoms with van der Waals surface area (Å²) < 4.78 is 32.2. The van der Waals surface area contributed by atoms with Gasteiger partial charge in [0, 0.05) is 0 Å². The SMILES string of the molecule is O=C(O)c1ccc(COc2ccc(F)cc2Br)cc1F. The molecule has 104 valence electrons. The number of hydrogen-bond donors (Lipinski definition) is 1. The smallest absolute Gasteiger partial charge is 0.338 e. The zero-order valence-corrected chi connectivity index (χ0v) is 11.7. The molecule has 0 heterocycles. The highest BCUT2D eigenvalue weighted by Gasteiger charge is 2.11. The van der Waals surface area contributed by atoms with E-state index >= 15 is 0 Å². The third-order valence-electron chi connectivity index (χ3n) is 2.55. The van der Waals surface area contributed by atoms with E-state index in [9.17, 15) is 13.6 Å². The van der Waals surface area contributed by atoms with Crippen LogP contribution >= 0.6 is 15.9 Å². The van der Waals surface area contributed by atoms with E-state index in [1.165, 1.54) is 30.3 Å². The maximum absolute atomic E-state index is 13.5. The number of aromatic carboxylic acids is 1. The number of benzene rings is 2. The fourth-order valence-corrected chi connectivity index (χ4v) is 2.04. The molecule has 20 heavy (non-hydrogen) atoms. The first-order valence-corrected chi connectivity index (χ1v) is 6.36. The molecular formula is C14H9BrF2O3. The van der Waals surface area contributed by atoms with Gasteiger partial charge < -0.3 is 9.84 Å². The van der Waals surface area contributed by atoms with Crippen LogP contribution in [0.25, 0.3) is 0 Å². The molecule has 0 aliphatic carbocycles. The van der Waals surface area contributed by atoms with Crippen LogP contribution in [0.4, 0.5) is 8.78 Å². The van der Waals surface area contributed by atoms with Crippen molar-refractivity contribution < 1.29 is 23.4 Å². The van der Waals surface area contributed by atoms with Gasteiger partial charge in [0.25, 0.3) is 0 Å². The van der Waals surface area contributed by atoms with Crippen molar-refractivity contribution in [1.29, 1.82) is 0 Å². The summed E-state index contributed by atoms with van der Waals surface area (Å²) in [6.45, 7) is 0.0427. The van der Waals surface area contributed by atoms with Gasteiger partial charge in [-0.1, -0.05) is 6.07 Å². The lowest BCUT2D eigenvalue weighted by Gasteiger charge is -2.09. The molecule has 0 spiro atoms. The van der Waals surface area contributed by atoms with Gasteiger partial charge in [-0.15, -0.1) is 0 Å². The van der Waals surface area contributed by atoms with Crippen molar-refractivity contribution in [3.63, 3.8) is 0 Å². The molecule has 0 atom stereocenters. The molecule has 2 aromatic carbocycles. The Bertz CT molecular complexity index is 659. The van der Waals surface area contributed by atoms with Gasteiger partial charge in [-0.05, 0) is 51.8 Å². The molecule has 3 nitrogen and oxygen atoms in total. The minimum Gasteiger partial charge on any atom is -0.488 e. The Balaban J connectivity index is 2.11. The maximum atomic E-state index is 13.5. The monoisotopic (exact) mass is 342 g/mol. The Hall–Kier alpha value is -1.95. The van der Waals surface area contributed by atoms with Gasteiger partial charge in [-0.25, -0.2) is 13.6 Å². The van der Waals surface area contributed by atoms with E-state index in [0.717, 1.165) is 6.07 Å².